The van der Waals surface area contributed by atoms with E-state index in [-0.39, 0.29) is 0 Å². The fraction of sp³-hybridized carbons (Fsp3) is 0.524. The van der Waals surface area contributed by atoms with Crippen molar-refractivity contribution in [2.24, 2.45) is 0 Å². The summed E-state index contributed by atoms with van der Waals surface area (Å²) in [4.78, 5) is 7.12. The molecule has 0 aromatic heterocycles. The van der Waals surface area contributed by atoms with Crippen LogP contribution in [0.2, 0.25) is 0 Å². The molecule has 25 heavy (non-hydrogen) atoms. The maximum atomic E-state index is 6.10. The largest absolute Gasteiger partial charge is 0.453 e. The number of hydrogen-bond acceptors (Lipinski definition) is 4. The van der Waals surface area contributed by atoms with Crippen LogP contribution >= 0.6 is 0 Å². The number of allylic oxidation sites excluding steroid dienone is 2. The van der Waals surface area contributed by atoms with Gasteiger partial charge in [-0.3, -0.25) is 0 Å². The van der Waals surface area contributed by atoms with Crippen molar-refractivity contribution in [2.75, 3.05) is 52.2 Å². The third kappa shape index (κ3) is 4.65. The Hall–Kier alpha value is -1.78. The standard InChI is InChI=1S/C21H31N3O/c1-22(2)16-17-23(3)14-8-9-15-24-18-10-4-6-12-20(18)25-21-13-7-5-11-19(21)24/h4,6,10-13H,5,7-9,14-17H2,1-3H3. The third-order valence-electron chi connectivity index (χ3n) is 4.85. The summed E-state index contributed by atoms with van der Waals surface area (Å²) in [6.07, 6.45) is 9.14. The fourth-order valence-corrected chi connectivity index (χ4v) is 3.37. The molecule has 3 rings (SSSR count). The van der Waals surface area contributed by atoms with Gasteiger partial charge in [0, 0.05) is 19.6 Å². The quantitative estimate of drug-likeness (QED) is 0.671. The molecule has 1 heterocycles. The molecular formula is C21H31N3O. The molecule has 0 bridgehead atoms. The molecule has 4 heteroatoms. The van der Waals surface area contributed by atoms with Gasteiger partial charge < -0.3 is 19.4 Å². The molecule has 0 spiro atoms. The molecule has 0 saturated heterocycles. The molecule has 0 atom stereocenters. The highest BCUT2D eigenvalue weighted by molar-refractivity contribution is 5.68. The van der Waals surface area contributed by atoms with Crippen LogP contribution in [0.5, 0.6) is 5.75 Å². The number of ether oxygens (including phenoxy) is 1. The highest BCUT2D eigenvalue weighted by Gasteiger charge is 2.27. The second-order valence-electron chi connectivity index (χ2n) is 7.27. The lowest BCUT2D eigenvalue weighted by molar-refractivity contribution is 0.278. The Balaban J connectivity index is 1.57. The summed E-state index contributed by atoms with van der Waals surface area (Å²) in [5.74, 6) is 2.02. The smallest absolute Gasteiger partial charge is 0.151 e. The predicted octanol–water partition coefficient (Wildman–Crippen LogP) is 3.72. The molecule has 1 aliphatic heterocycles. The van der Waals surface area contributed by atoms with Gasteiger partial charge in [0.05, 0.1) is 11.4 Å². The van der Waals surface area contributed by atoms with E-state index in [0.717, 1.165) is 50.5 Å². The Morgan fingerprint density at radius 1 is 0.960 bits per heavy atom. The van der Waals surface area contributed by atoms with Crippen molar-refractivity contribution in [1.29, 1.82) is 0 Å². The van der Waals surface area contributed by atoms with Crippen LogP contribution in [0.15, 0.2) is 47.9 Å². The van der Waals surface area contributed by atoms with Gasteiger partial charge in [-0.15, -0.1) is 0 Å². The number of likely N-dealkylation sites (N-methyl/N-ethyl adjacent to an activating group) is 2. The minimum Gasteiger partial charge on any atom is -0.453 e. The molecule has 0 N–H and O–H groups in total. The van der Waals surface area contributed by atoms with Crippen molar-refractivity contribution in [3.05, 3.63) is 47.9 Å². The van der Waals surface area contributed by atoms with E-state index in [2.05, 4.69) is 72.3 Å². The molecule has 1 aromatic carbocycles. The second-order valence-corrected chi connectivity index (χ2v) is 7.27. The predicted molar refractivity (Wildman–Crippen MR) is 105 cm³/mol. The first-order valence-corrected chi connectivity index (χ1v) is 9.43. The number of anilines is 1. The van der Waals surface area contributed by atoms with E-state index in [4.69, 9.17) is 4.74 Å². The molecule has 2 aliphatic rings. The van der Waals surface area contributed by atoms with Crippen LogP contribution in [-0.2, 0) is 0 Å². The molecule has 0 fully saturated rings. The van der Waals surface area contributed by atoms with Crippen LogP contribution in [0, 0.1) is 0 Å². The zero-order valence-electron chi connectivity index (χ0n) is 15.9. The Bertz CT molecular complexity index is 636. The van der Waals surface area contributed by atoms with Crippen LogP contribution in [0.3, 0.4) is 0 Å². The third-order valence-corrected chi connectivity index (χ3v) is 4.85. The average molecular weight is 341 g/mol. The van der Waals surface area contributed by atoms with Crippen LogP contribution in [-0.4, -0.2) is 57.1 Å². The summed E-state index contributed by atoms with van der Waals surface area (Å²) in [5.41, 5.74) is 2.46. The monoisotopic (exact) mass is 341 g/mol. The number of unbranched alkanes of at least 4 members (excludes halogenated alkanes) is 1. The molecule has 0 unspecified atom stereocenters. The van der Waals surface area contributed by atoms with Gasteiger partial charge in [-0.1, -0.05) is 18.2 Å². The van der Waals surface area contributed by atoms with Crippen molar-refractivity contribution < 1.29 is 4.74 Å². The van der Waals surface area contributed by atoms with Gasteiger partial charge in [-0.25, -0.2) is 0 Å². The van der Waals surface area contributed by atoms with Gasteiger partial charge in [0.1, 0.15) is 5.76 Å². The summed E-state index contributed by atoms with van der Waals surface area (Å²) in [7, 11) is 6.48. The lowest BCUT2D eigenvalue weighted by Gasteiger charge is -2.36. The Morgan fingerprint density at radius 3 is 2.60 bits per heavy atom. The molecule has 0 amide bonds. The van der Waals surface area contributed by atoms with Crippen molar-refractivity contribution >= 4 is 5.69 Å². The van der Waals surface area contributed by atoms with Gasteiger partial charge in [0.15, 0.2) is 5.75 Å². The maximum Gasteiger partial charge on any atom is 0.151 e. The normalized spacial score (nSPS) is 16.3. The zero-order valence-corrected chi connectivity index (χ0v) is 15.9. The fourth-order valence-electron chi connectivity index (χ4n) is 3.37. The lowest BCUT2D eigenvalue weighted by Crippen LogP contribution is -2.32. The number of fused-ring (bicyclic) bond motifs is 2. The maximum absolute atomic E-state index is 6.10. The van der Waals surface area contributed by atoms with Gasteiger partial charge in [-0.05, 0) is 71.6 Å². The van der Waals surface area contributed by atoms with Crippen LogP contribution in [0.1, 0.15) is 25.7 Å². The summed E-state index contributed by atoms with van der Waals surface area (Å²) < 4.78 is 6.10. The van der Waals surface area contributed by atoms with E-state index in [9.17, 15) is 0 Å². The number of benzene rings is 1. The summed E-state index contributed by atoms with van der Waals surface area (Å²) in [6.45, 7) is 4.45. The minimum atomic E-state index is 0.982. The van der Waals surface area contributed by atoms with E-state index in [0.29, 0.717) is 0 Å². The summed E-state index contributed by atoms with van der Waals surface area (Å²) in [6, 6.07) is 8.39. The van der Waals surface area contributed by atoms with Crippen LogP contribution in [0.25, 0.3) is 0 Å². The van der Waals surface area contributed by atoms with E-state index in [1.54, 1.807) is 0 Å². The van der Waals surface area contributed by atoms with E-state index >= 15 is 0 Å². The molecule has 1 aromatic rings. The highest BCUT2D eigenvalue weighted by Crippen LogP contribution is 2.41. The van der Waals surface area contributed by atoms with E-state index in [1.807, 2.05) is 0 Å². The highest BCUT2D eigenvalue weighted by atomic mass is 16.5. The average Bonchev–Trinajstić information content (AvgIpc) is 2.62. The minimum absolute atomic E-state index is 0.982. The van der Waals surface area contributed by atoms with Crippen LogP contribution in [0.4, 0.5) is 5.69 Å². The van der Waals surface area contributed by atoms with Gasteiger partial charge in [0.25, 0.3) is 0 Å². The Kier molecular flexibility index (Phi) is 6.16. The van der Waals surface area contributed by atoms with Crippen molar-refractivity contribution in [3.63, 3.8) is 0 Å². The van der Waals surface area contributed by atoms with Crippen molar-refractivity contribution in [1.82, 2.24) is 9.80 Å². The summed E-state index contributed by atoms with van der Waals surface area (Å²) >= 11 is 0. The molecule has 0 saturated carbocycles. The topological polar surface area (TPSA) is 19.0 Å². The number of rotatable bonds is 8. The molecular weight excluding hydrogens is 310 g/mol. The first kappa shape index (κ1) is 18.0. The zero-order chi connectivity index (χ0) is 17.6. The molecule has 1 aliphatic carbocycles. The van der Waals surface area contributed by atoms with Crippen molar-refractivity contribution in [3.8, 4) is 5.75 Å². The SMILES string of the molecule is CN(C)CCN(C)CCCCN1C2=CCCC=C2Oc2ccccc21. The molecule has 0 radical (unpaired) electrons. The summed E-state index contributed by atoms with van der Waals surface area (Å²) in [5, 5.41) is 0. The van der Waals surface area contributed by atoms with Crippen molar-refractivity contribution in [2.45, 2.75) is 25.7 Å². The first-order chi connectivity index (χ1) is 12.1. The number of para-hydroxylation sites is 2. The molecule has 4 nitrogen and oxygen atoms in total. The second kappa shape index (κ2) is 8.54. The molecule has 136 valence electrons. The van der Waals surface area contributed by atoms with E-state index in [1.165, 1.54) is 24.2 Å². The number of hydrogen-bond donors (Lipinski definition) is 0. The van der Waals surface area contributed by atoms with Crippen LogP contribution < -0.4 is 9.64 Å². The van der Waals surface area contributed by atoms with E-state index < -0.39 is 0 Å². The first-order valence-electron chi connectivity index (χ1n) is 9.43. The Morgan fingerprint density at radius 2 is 1.76 bits per heavy atom. The van der Waals surface area contributed by atoms with Gasteiger partial charge >= 0.3 is 0 Å². The van der Waals surface area contributed by atoms with Gasteiger partial charge in [-0.2, -0.15) is 0 Å². The van der Waals surface area contributed by atoms with Gasteiger partial charge in [0.2, 0.25) is 0 Å². The lowest BCUT2D eigenvalue weighted by atomic mass is 10.1. The Labute approximate surface area is 152 Å². The number of nitrogens with zero attached hydrogens (tertiary/aromatic N) is 3.